The lowest BCUT2D eigenvalue weighted by Crippen LogP contribution is -2.29. The SMILES string of the molecule is CC(=O)CCCN1C(=O)/C(=C/c2c[nH]c3ccccc23)SC1=S. The molecule has 1 aliphatic heterocycles. The number of aromatic nitrogens is 1. The number of hydrogen-bond donors (Lipinski definition) is 1. The highest BCUT2D eigenvalue weighted by Crippen LogP contribution is 2.34. The van der Waals surface area contributed by atoms with Gasteiger partial charge in [-0.2, -0.15) is 0 Å². The van der Waals surface area contributed by atoms with Crippen molar-refractivity contribution >= 4 is 57.0 Å². The van der Waals surface area contributed by atoms with Crippen molar-refractivity contribution in [3.8, 4) is 0 Å². The van der Waals surface area contributed by atoms with Gasteiger partial charge in [-0.05, 0) is 25.5 Å². The third kappa shape index (κ3) is 3.38. The Labute approximate surface area is 143 Å². The normalized spacial score (nSPS) is 16.7. The summed E-state index contributed by atoms with van der Waals surface area (Å²) in [6, 6.07) is 7.96. The average molecular weight is 344 g/mol. The predicted octanol–water partition coefficient (Wildman–Crippen LogP) is 3.74. The van der Waals surface area contributed by atoms with Crippen molar-refractivity contribution in [2.45, 2.75) is 19.8 Å². The minimum absolute atomic E-state index is 0.0752. The van der Waals surface area contributed by atoms with Crippen LogP contribution in [0.4, 0.5) is 0 Å². The highest BCUT2D eigenvalue weighted by atomic mass is 32.2. The van der Waals surface area contributed by atoms with E-state index in [-0.39, 0.29) is 11.7 Å². The molecule has 0 spiro atoms. The lowest BCUT2D eigenvalue weighted by molar-refractivity contribution is -0.123. The van der Waals surface area contributed by atoms with Gasteiger partial charge in [0, 0.05) is 35.6 Å². The molecular weight excluding hydrogens is 328 g/mol. The van der Waals surface area contributed by atoms with Crippen LogP contribution in [0.2, 0.25) is 0 Å². The second kappa shape index (κ2) is 6.68. The molecule has 0 atom stereocenters. The maximum atomic E-state index is 12.5. The van der Waals surface area contributed by atoms with Crippen molar-refractivity contribution in [3.05, 3.63) is 40.9 Å². The van der Waals surface area contributed by atoms with Crippen LogP contribution in [0.3, 0.4) is 0 Å². The van der Waals surface area contributed by atoms with E-state index in [1.165, 1.54) is 11.8 Å². The lowest BCUT2D eigenvalue weighted by Gasteiger charge is -2.13. The predicted molar refractivity (Wildman–Crippen MR) is 98.1 cm³/mol. The molecule has 1 aromatic carbocycles. The summed E-state index contributed by atoms with van der Waals surface area (Å²) in [5, 5.41) is 1.08. The molecule has 3 rings (SSSR count). The van der Waals surface area contributed by atoms with Gasteiger partial charge in [-0.1, -0.05) is 42.2 Å². The number of para-hydroxylation sites is 1. The molecule has 0 unspecified atom stereocenters. The number of carbonyl (C=O) groups is 2. The van der Waals surface area contributed by atoms with Crippen molar-refractivity contribution in [1.29, 1.82) is 0 Å². The summed E-state index contributed by atoms with van der Waals surface area (Å²) in [5.41, 5.74) is 2.01. The molecule has 1 aromatic heterocycles. The second-order valence-corrected chi connectivity index (χ2v) is 7.10. The van der Waals surface area contributed by atoms with Gasteiger partial charge in [-0.25, -0.2) is 0 Å². The van der Waals surface area contributed by atoms with E-state index in [1.54, 1.807) is 11.8 Å². The van der Waals surface area contributed by atoms with Crippen LogP contribution in [-0.4, -0.2) is 32.4 Å². The van der Waals surface area contributed by atoms with Crippen molar-refractivity contribution < 1.29 is 9.59 Å². The average Bonchev–Trinajstić information content (AvgIpc) is 3.04. The van der Waals surface area contributed by atoms with Crippen LogP contribution in [-0.2, 0) is 9.59 Å². The number of rotatable bonds is 5. The van der Waals surface area contributed by atoms with Crippen molar-refractivity contribution in [1.82, 2.24) is 9.88 Å². The molecule has 6 heteroatoms. The van der Waals surface area contributed by atoms with E-state index in [0.717, 1.165) is 16.5 Å². The fourth-order valence-corrected chi connectivity index (χ4v) is 3.83. The van der Waals surface area contributed by atoms with E-state index in [4.69, 9.17) is 12.2 Å². The van der Waals surface area contributed by atoms with Crippen molar-refractivity contribution in [3.63, 3.8) is 0 Å². The van der Waals surface area contributed by atoms with Gasteiger partial charge < -0.3 is 9.78 Å². The number of carbonyl (C=O) groups excluding carboxylic acids is 2. The Morgan fingerprint density at radius 1 is 1.39 bits per heavy atom. The number of benzene rings is 1. The minimum atomic E-state index is -0.0752. The Hall–Kier alpha value is -1.92. The van der Waals surface area contributed by atoms with Gasteiger partial charge in [0.05, 0.1) is 4.91 Å². The first-order valence-corrected chi connectivity index (χ1v) is 8.59. The Bertz CT molecular complexity index is 823. The van der Waals surface area contributed by atoms with Crippen LogP contribution in [0.5, 0.6) is 0 Å². The first-order chi connectivity index (χ1) is 11.1. The number of nitrogens with zero attached hydrogens (tertiary/aromatic N) is 1. The van der Waals surface area contributed by atoms with Gasteiger partial charge in [-0.15, -0.1) is 0 Å². The molecule has 2 aromatic rings. The van der Waals surface area contributed by atoms with E-state index < -0.39 is 0 Å². The van der Waals surface area contributed by atoms with E-state index in [0.29, 0.717) is 28.6 Å². The molecule has 23 heavy (non-hydrogen) atoms. The molecule has 4 nitrogen and oxygen atoms in total. The Kier molecular flexibility index (Phi) is 4.63. The molecule has 0 saturated carbocycles. The fourth-order valence-electron chi connectivity index (χ4n) is 2.53. The first-order valence-electron chi connectivity index (χ1n) is 7.37. The zero-order valence-electron chi connectivity index (χ0n) is 12.7. The number of thioether (sulfide) groups is 1. The van der Waals surface area contributed by atoms with E-state index in [9.17, 15) is 9.59 Å². The van der Waals surface area contributed by atoms with Crippen LogP contribution in [0, 0.1) is 0 Å². The van der Waals surface area contributed by atoms with Crippen LogP contribution < -0.4 is 0 Å². The molecule has 1 saturated heterocycles. The molecular formula is C17H16N2O2S2. The van der Waals surface area contributed by atoms with Gasteiger partial charge >= 0.3 is 0 Å². The summed E-state index contributed by atoms with van der Waals surface area (Å²) in [5.74, 6) is 0.0543. The monoisotopic (exact) mass is 344 g/mol. The summed E-state index contributed by atoms with van der Waals surface area (Å²) < 4.78 is 0.560. The topological polar surface area (TPSA) is 53.2 Å². The quantitative estimate of drug-likeness (QED) is 0.663. The van der Waals surface area contributed by atoms with Crippen LogP contribution in [0.15, 0.2) is 35.4 Å². The number of H-pyrrole nitrogens is 1. The highest BCUT2D eigenvalue weighted by Gasteiger charge is 2.31. The maximum Gasteiger partial charge on any atom is 0.266 e. The smallest absolute Gasteiger partial charge is 0.266 e. The number of aromatic amines is 1. The van der Waals surface area contributed by atoms with Gasteiger partial charge in [0.1, 0.15) is 10.1 Å². The molecule has 1 aliphatic rings. The minimum Gasteiger partial charge on any atom is -0.361 e. The molecule has 1 amide bonds. The number of fused-ring (bicyclic) bond motifs is 1. The van der Waals surface area contributed by atoms with Crippen LogP contribution in [0.25, 0.3) is 17.0 Å². The molecule has 2 heterocycles. The third-order valence-corrected chi connectivity index (χ3v) is 5.07. The maximum absolute atomic E-state index is 12.5. The standard InChI is InChI=1S/C17H16N2O2S2/c1-11(20)5-4-8-19-16(21)15(23-17(19)22)9-12-10-18-14-7-3-2-6-13(12)14/h2-3,6-7,9-10,18H,4-5,8H2,1H3/b15-9-. The number of hydrogen-bond acceptors (Lipinski definition) is 4. The Morgan fingerprint density at radius 3 is 2.96 bits per heavy atom. The van der Waals surface area contributed by atoms with Gasteiger partial charge in [0.2, 0.25) is 0 Å². The molecule has 118 valence electrons. The highest BCUT2D eigenvalue weighted by molar-refractivity contribution is 8.26. The van der Waals surface area contributed by atoms with Crippen LogP contribution >= 0.6 is 24.0 Å². The zero-order valence-corrected chi connectivity index (χ0v) is 14.3. The molecule has 0 radical (unpaired) electrons. The summed E-state index contributed by atoms with van der Waals surface area (Å²) in [6.45, 7) is 2.05. The number of ketones is 1. The largest absolute Gasteiger partial charge is 0.361 e. The zero-order chi connectivity index (χ0) is 16.4. The lowest BCUT2D eigenvalue weighted by atomic mass is 10.1. The summed E-state index contributed by atoms with van der Waals surface area (Å²) in [7, 11) is 0. The van der Waals surface area contributed by atoms with Gasteiger partial charge in [0.15, 0.2) is 0 Å². The van der Waals surface area contributed by atoms with Crippen LogP contribution in [0.1, 0.15) is 25.3 Å². The number of Topliss-reactive ketones (excluding diaryl/α,β-unsaturated/α-hetero) is 1. The molecule has 0 aliphatic carbocycles. The summed E-state index contributed by atoms with van der Waals surface area (Å²) in [4.78, 5) is 28.9. The third-order valence-electron chi connectivity index (χ3n) is 3.69. The summed E-state index contributed by atoms with van der Waals surface area (Å²) in [6.07, 6.45) is 4.89. The van der Waals surface area contributed by atoms with E-state index in [1.807, 2.05) is 36.5 Å². The number of thiocarbonyl (C=S) groups is 1. The van der Waals surface area contributed by atoms with E-state index >= 15 is 0 Å². The molecule has 0 bridgehead atoms. The number of amides is 1. The Morgan fingerprint density at radius 2 is 2.17 bits per heavy atom. The summed E-state index contributed by atoms with van der Waals surface area (Å²) >= 11 is 6.62. The first kappa shape index (κ1) is 16.0. The van der Waals surface area contributed by atoms with Gasteiger partial charge in [-0.3, -0.25) is 9.69 Å². The fraction of sp³-hybridized carbons (Fsp3) is 0.235. The molecule has 1 fully saturated rings. The van der Waals surface area contributed by atoms with Crippen molar-refractivity contribution in [2.75, 3.05) is 6.54 Å². The van der Waals surface area contributed by atoms with E-state index in [2.05, 4.69) is 4.98 Å². The van der Waals surface area contributed by atoms with Gasteiger partial charge in [0.25, 0.3) is 5.91 Å². The number of nitrogens with one attached hydrogen (secondary N) is 1. The van der Waals surface area contributed by atoms with Crippen molar-refractivity contribution in [2.24, 2.45) is 0 Å². The second-order valence-electron chi connectivity index (χ2n) is 5.43. The Balaban J connectivity index is 1.80. The molecule has 1 N–H and O–H groups in total.